The highest BCUT2D eigenvalue weighted by molar-refractivity contribution is 5.96. The van der Waals surface area contributed by atoms with Gasteiger partial charge in [0, 0.05) is 11.1 Å². The first-order chi connectivity index (χ1) is 22.4. The predicted molar refractivity (Wildman–Crippen MR) is 191 cm³/mol. The van der Waals surface area contributed by atoms with Crippen molar-refractivity contribution in [1.82, 2.24) is 14.7 Å². The summed E-state index contributed by atoms with van der Waals surface area (Å²) in [7, 11) is 0. The Hall–Kier alpha value is -4.40. The van der Waals surface area contributed by atoms with Gasteiger partial charge in [-0.05, 0) is 94.5 Å². The van der Waals surface area contributed by atoms with Crippen LogP contribution in [0.2, 0.25) is 0 Å². The highest BCUT2D eigenvalue weighted by Crippen LogP contribution is 2.47. The first-order valence-electron chi connectivity index (χ1n) is 17.0. The Bertz CT molecular complexity index is 1860. The van der Waals surface area contributed by atoms with Crippen LogP contribution in [0.4, 0.5) is 9.59 Å². The van der Waals surface area contributed by atoms with Gasteiger partial charge < -0.3 is 20.1 Å². The lowest BCUT2D eigenvalue weighted by atomic mass is 9.82. The fraction of sp³-hybridized carbons (Fsp3) is 0.500. The first-order valence-corrected chi connectivity index (χ1v) is 17.0. The summed E-state index contributed by atoms with van der Waals surface area (Å²) >= 11 is 0. The maximum Gasteiger partial charge on any atom is 0.333 e. The van der Waals surface area contributed by atoms with Gasteiger partial charge in [-0.3, -0.25) is 9.80 Å². The topological polar surface area (TPSA) is 114 Å². The molecule has 2 heterocycles. The van der Waals surface area contributed by atoms with E-state index in [1.165, 1.54) is 14.7 Å². The van der Waals surface area contributed by atoms with Crippen molar-refractivity contribution >= 4 is 12.1 Å². The van der Waals surface area contributed by atoms with Crippen LogP contribution in [0.5, 0.6) is 23.0 Å². The predicted octanol–water partition coefficient (Wildman–Crippen LogP) is 8.67. The highest BCUT2D eigenvalue weighted by Gasteiger charge is 2.49. The van der Waals surface area contributed by atoms with E-state index < -0.39 is 18.4 Å². The summed E-state index contributed by atoms with van der Waals surface area (Å²) in [5.41, 5.74) is 6.64. The van der Waals surface area contributed by atoms with Gasteiger partial charge in [0.15, 0.2) is 11.5 Å². The minimum absolute atomic E-state index is 0.000369. The average Bonchev–Trinajstić information content (AvgIpc) is 2.97. The lowest BCUT2D eigenvalue weighted by molar-refractivity contribution is -0.0968. The number of amides is 4. The number of urea groups is 2. The van der Waals surface area contributed by atoms with Crippen LogP contribution < -0.4 is 4.74 Å². The quantitative estimate of drug-likeness (QED) is 0.256. The smallest absolute Gasteiger partial charge is 0.333 e. The van der Waals surface area contributed by atoms with Crippen LogP contribution in [0.3, 0.4) is 0 Å². The lowest BCUT2D eigenvalue weighted by Gasteiger charge is -2.49. The number of hydrogen-bond acceptors (Lipinski definition) is 6. The number of carbonyl (C=O) groups excluding carboxylic acids is 2. The van der Waals surface area contributed by atoms with E-state index in [9.17, 15) is 24.9 Å². The minimum atomic E-state index is -1.15. The van der Waals surface area contributed by atoms with Gasteiger partial charge in [-0.15, -0.1) is 0 Å². The number of fused-ring (bicyclic) bond motifs is 2. The second-order valence-electron chi connectivity index (χ2n) is 17.0. The first kappa shape index (κ1) is 35.9. The molecule has 1 saturated heterocycles. The van der Waals surface area contributed by atoms with Crippen LogP contribution in [-0.2, 0) is 35.9 Å². The van der Waals surface area contributed by atoms with Gasteiger partial charge in [0.2, 0.25) is 0 Å². The monoisotopic (exact) mass is 671 g/mol. The van der Waals surface area contributed by atoms with Crippen molar-refractivity contribution in [3.63, 3.8) is 0 Å². The van der Waals surface area contributed by atoms with Gasteiger partial charge in [0.25, 0.3) is 6.35 Å². The number of carbonyl (C=O) groups is 2. The molecule has 2 aliphatic rings. The van der Waals surface area contributed by atoms with E-state index >= 15 is 0 Å². The van der Waals surface area contributed by atoms with Gasteiger partial charge in [-0.1, -0.05) is 80.5 Å². The third-order valence-corrected chi connectivity index (χ3v) is 10.1. The van der Waals surface area contributed by atoms with Gasteiger partial charge >= 0.3 is 12.1 Å². The number of imide groups is 1. The van der Waals surface area contributed by atoms with Gasteiger partial charge in [0.1, 0.15) is 11.5 Å². The molecule has 3 aromatic rings. The lowest BCUT2D eigenvalue weighted by Crippen LogP contribution is -2.68. The molecule has 1 fully saturated rings. The van der Waals surface area contributed by atoms with Crippen molar-refractivity contribution < 1.29 is 29.6 Å². The maximum atomic E-state index is 14.6. The molecule has 0 radical (unpaired) electrons. The van der Waals surface area contributed by atoms with Crippen molar-refractivity contribution in [1.29, 1.82) is 0 Å². The number of aromatic hydroxyl groups is 3. The third-order valence-electron chi connectivity index (χ3n) is 10.1. The number of ether oxygens (including phenoxy) is 1. The molecule has 0 aromatic heterocycles. The molecule has 3 N–H and O–H groups in total. The Morgan fingerprint density at radius 1 is 0.694 bits per heavy atom. The average molecular weight is 672 g/mol. The zero-order chi connectivity index (χ0) is 36.7. The number of nitrogens with zero attached hydrogens (tertiary/aromatic N) is 3. The Balaban J connectivity index is 1.64. The van der Waals surface area contributed by atoms with Crippen LogP contribution >= 0.6 is 0 Å². The van der Waals surface area contributed by atoms with Crippen LogP contribution in [-0.4, -0.2) is 48.4 Å². The molecule has 0 spiro atoms. The summed E-state index contributed by atoms with van der Waals surface area (Å²) < 4.78 is 6.52. The molecule has 9 heteroatoms. The second kappa shape index (κ2) is 11.9. The molecule has 4 amide bonds. The summed E-state index contributed by atoms with van der Waals surface area (Å²) in [6.45, 7) is 25.9. The van der Waals surface area contributed by atoms with E-state index in [2.05, 4.69) is 0 Å². The minimum Gasteiger partial charge on any atom is -0.508 e. The van der Waals surface area contributed by atoms with Crippen LogP contribution in [0.15, 0.2) is 24.3 Å². The van der Waals surface area contributed by atoms with E-state index in [4.69, 9.17) is 4.74 Å². The molecule has 264 valence electrons. The number of phenols is 3. The molecule has 1 unspecified atom stereocenters. The highest BCUT2D eigenvalue weighted by atomic mass is 16.5. The molecule has 0 saturated carbocycles. The van der Waals surface area contributed by atoms with E-state index in [1.54, 1.807) is 6.07 Å². The summed E-state index contributed by atoms with van der Waals surface area (Å²) in [4.78, 5) is 33.1. The molecule has 5 rings (SSSR count). The summed E-state index contributed by atoms with van der Waals surface area (Å²) in [5, 5.41) is 33.8. The number of phenolic OH excluding ortho intramolecular Hbond substituents is 3. The van der Waals surface area contributed by atoms with E-state index in [0.717, 1.165) is 33.4 Å². The SMILES string of the molecule is Cc1cc(C(C)(C)C)c(O)cc1CN1C(=O)N(Cc2c(C)cc(C(C)(C)C)c(O)c2C)C2Oc3c(O)c(C(C)(C)C)cc(C)c3CN2C1=O. The summed E-state index contributed by atoms with van der Waals surface area (Å²) in [6.07, 6.45) is -1.15. The normalized spacial score (nSPS) is 16.9. The zero-order valence-corrected chi connectivity index (χ0v) is 31.4. The zero-order valence-electron chi connectivity index (χ0n) is 31.4. The molecule has 1 atom stereocenters. The number of rotatable bonds is 4. The fourth-order valence-corrected chi connectivity index (χ4v) is 6.97. The molecule has 2 aliphatic heterocycles. The van der Waals surface area contributed by atoms with E-state index in [1.807, 2.05) is 108 Å². The number of aryl methyl sites for hydroxylation is 3. The Kier molecular flexibility index (Phi) is 8.70. The molecule has 49 heavy (non-hydrogen) atoms. The Morgan fingerprint density at radius 2 is 1.22 bits per heavy atom. The van der Waals surface area contributed by atoms with Gasteiger partial charge in [-0.2, -0.15) is 0 Å². The maximum absolute atomic E-state index is 14.6. The molecule has 0 bridgehead atoms. The van der Waals surface area contributed by atoms with Crippen molar-refractivity contribution in [2.75, 3.05) is 0 Å². The molecular formula is C40H53N3O6. The van der Waals surface area contributed by atoms with Crippen LogP contribution in [0, 0.1) is 27.7 Å². The molecule has 9 nitrogen and oxygen atoms in total. The van der Waals surface area contributed by atoms with E-state index in [-0.39, 0.29) is 58.9 Å². The van der Waals surface area contributed by atoms with Crippen molar-refractivity contribution in [3.8, 4) is 23.0 Å². The van der Waals surface area contributed by atoms with Gasteiger partial charge in [-0.25, -0.2) is 14.5 Å². The second-order valence-corrected chi connectivity index (χ2v) is 17.0. The van der Waals surface area contributed by atoms with Crippen molar-refractivity contribution in [3.05, 3.63) is 79.9 Å². The standard InChI is InChI=1S/C40H53N3O6/c1-21-14-28(38(5,6)7)31(44)17-25(21)18-41-35(47)42(19-26-22(2)15-29(39(8,9)10)32(45)24(26)4)37-43(36(41)48)20-27-23(3)16-30(40(11,12)13)33(46)34(27)49-37/h14-17,37,44-46H,18-20H2,1-13H3. The molecular weight excluding hydrogens is 618 g/mol. The number of benzene rings is 3. The van der Waals surface area contributed by atoms with Crippen LogP contribution in [0.1, 0.15) is 118 Å². The third kappa shape index (κ3) is 6.28. The van der Waals surface area contributed by atoms with Gasteiger partial charge in [0.05, 0.1) is 19.6 Å². The molecule has 0 aliphatic carbocycles. The van der Waals surface area contributed by atoms with E-state index in [0.29, 0.717) is 22.3 Å². The largest absolute Gasteiger partial charge is 0.508 e. The Labute approximate surface area is 291 Å². The number of hydrogen-bond donors (Lipinski definition) is 3. The van der Waals surface area contributed by atoms with Crippen molar-refractivity contribution in [2.45, 2.75) is 132 Å². The summed E-state index contributed by atoms with van der Waals surface area (Å²) in [5.74, 6) is 0.546. The Morgan fingerprint density at radius 3 is 1.80 bits per heavy atom. The van der Waals surface area contributed by atoms with Crippen LogP contribution in [0.25, 0.3) is 0 Å². The summed E-state index contributed by atoms with van der Waals surface area (Å²) in [6, 6.07) is 6.33. The van der Waals surface area contributed by atoms with Crippen molar-refractivity contribution in [2.24, 2.45) is 0 Å². The molecule has 3 aromatic carbocycles. The fourth-order valence-electron chi connectivity index (χ4n) is 6.97.